The first-order valence-electron chi connectivity index (χ1n) is 15.3. The van der Waals surface area contributed by atoms with Crippen LogP contribution in [0.1, 0.15) is 93.9 Å². The van der Waals surface area contributed by atoms with Gasteiger partial charge in [-0.15, -0.1) is 0 Å². The van der Waals surface area contributed by atoms with Gasteiger partial charge >= 0.3 is 0 Å². The fourth-order valence-corrected chi connectivity index (χ4v) is 7.64. The van der Waals surface area contributed by atoms with Crippen molar-refractivity contribution in [1.82, 2.24) is 0 Å². The molecule has 2 rings (SSSR count). The lowest BCUT2D eigenvalue weighted by Crippen LogP contribution is -2.66. The van der Waals surface area contributed by atoms with Crippen molar-refractivity contribution in [2.45, 2.75) is 142 Å². The second kappa shape index (κ2) is 12.3. The highest BCUT2D eigenvalue weighted by atomic mass is 28.4. The maximum Gasteiger partial charge on any atom is 0.192 e. The Morgan fingerprint density at radius 1 is 0.658 bits per heavy atom. The van der Waals surface area contributed by atoms with Crippen molar-refractivity contribution in [2.24, 2.45) is 22.7 Å². The molecule has 0 saturated heterocycles. The molecule has 0 aromatic rings. The van der Waals surface area contributed by atoms with Crippen LogP contribution in [0.4, 0.5) is 0 Å². The fraction of sp³-hybridized carbons (Fsp3) is 0.875. The maximum atomic E-state index is 12.3. The van der Waals surface area contributed by atoms with E-state index in [0.717, 1.165) is 38.5 Å². The standard InChI is InChI=1S/C32H62O4Si2/c1-13-15-17-25-19-21-32(24-36-38(11,12)30(6,7)8)28(34)26(18-16-14-2)20-22-31(32,27(25)33)23-35-37(9,10)29(3,4)5/h19-22,25-28,33-34H,13-18,23-24H2,1-12H3/t25-,26-,27-,28-,31+,32+/m1/s1. The summed E-state index contributed by atoms with van der Waals surface area (Å²) in [7, 11) is -4.23. The zero-order valence-electron chi connectivity index (χ0n) is 27.0. The van der Waals surface area contributed by atoms with Crippen molar-refractivity contribution in [3.63, 3.8) is 0 Å². The largest absolute Gasteiger partial charge is 0.416 e. The van der Waals surface area contributed by atoms with Gasteiger partial charge in [0.15, 0.2) is 16.6 Å². The molecule has 222 valence electrons. The predicted molar refractivity (Wildman–Crippen MR) is 167 cm³/mol. The summed E-state index contributed by atoms with van der Waals surface area (Å²) >= 11 is 0. The first-order chi connectivity index (χ1) is 17.3. The lowest BCUT2D eigenvalue weighted by Gasteiger charge is -2.60. The summed E-state index contributed by atoms with van der Waals surface area (Å²) in [6.07, 6.45) is 13.9. The van der Waals surface area contributed by atoms with E-state index in [1.807, 2.05) is 0 Å². The molecule has 0 unspecified atom stereocenters. The third kappa shape index (κ3) is 6.62. The third-order valence-electron chi connectivity index (χ3n) is 10.8. The van der Waals surface area contributed by atoms with Gasteiger partial charge in [0.05, 0.1) is 23.0 Å². The Balaban J connectivity index is 2.69. The molecule has 0 bridgehead atoms. The van der Waals surface area contributed by atoms with E-state index in [0.29, 0.717) is 13.2 Å². The van der Waals surface area contributed by atoms with Gasteiger partial charge in [-0.3, -0.25) is 0 Å². The minimum absolute atomic E-state index is 0.0444. The number of aliphatic hydroxyl groups is 2. The normalized spacial score (nSPS) is 32.5. The van der Waals surface area contributed by atoms with Crippen LogP contribution in [0.25, 0.3) is 0 Å². The number of unbranched alkanes of at least 4 members (excludes halogenated alkanes) is 2. The van der Waals surface area contributed by atoms with E-state index in [4.69, 9.17) is 8.85 Å². The molecular formula is C32H62O4Si2. The fourth-order valence-electron chi connectivity index (χ4n) is 5.58. The minimum Gasteiger partial charge on any atom is -0.416 e. The summed E-state index contributed by atoms with van der Waals surface area (Å²) in [6.45, 7) is 27.9. The summed E-state index contributed by atoms with van der Waals surface area (Å²) in [5.41, 5.74) is -1.47. The molecule has 0 spiro atoms. The zero-order chi connectivity index (χ0) is 29.2. The van der Waals surface area contributed by atoms with Crippen molar-refractivity contribution in [2.75, 3.05) is 13.2 Å². The molecule has 0 radical (unpaired) electrons. The summed E-state index contributed by atoms with van der Waals surface area (Å²) in [5.74, 6) is 0.0889. The lowest BCUT2D eigenvalue weighted by molar-refractivity contribution is -0.158. The molecule has 2 aliphatic carbocycles. The van der Waals surface area contributed by atoms with Gasteiger partial charge in [-0.1, -0.05) is 105 Å². The van der Waals surface area contributed by atoms with Gasteiger partial charge in [0.2, 0.25) is 0 Å². The van der Waals surface area contributed by atoms with Crippen LogP contribution in [-0.2, 0) is 8.85 Å². The molecule has 0 aliphatic heterocycles. The Hall–Kier alpha value is -0.246. The Labute approximate surface area is 237 Å². The zero-order valence-corrected chi connectivity index (χ0v) is 29.0. The van der Waals surface area contributed by atoms with E-state index < -0.39 is 39.7 Å². The molecule has 2 aliphatic rings. The summed E-state index contributed by atoms with van der Waals surface area (Å²) in [5, 5.41) is 24.6. The Bertz CT molecular complexity index is 754. The van der Waals surface area contributed by atoms with E-state index in [9.17, 15) is 10.2 Å². The van der Waals surface area contributed by atoms with Crippen LogP contribution in [0.5, 0.6) is 0 Å². The first kappa shape index (κ1) is 34.0. The molecule has 6 heteroatoms. The van der Waals surface area contributed by atoms with Crippen LogP contribution in [0.15, 0.2) is 24.3 Å². The van der Waals surface area contributed by atoms with E-state index in [2.05, 4.69) is 106 Å². The highest BCUT2D eigenvalue weighted by Gasteiger charge is 2.63. The summed E-state index contributed by atoms with van der Waals surface area (Å²) in [6, 6.07) is 0. The molecule has 0 amide bonds. The highest BCUT2D eigenvalue weighted by molar-refractivity contribution is 6.74. The van der Waals surface area contributed by atoms with Crippen LogP contribution in [0, 0.1) is 22.7 Å². The van der Waals surface area contributed by atoms with E-state index in [-0.39, 0.29) is 21.9 Å². The maximum absolute atomic E-state index is 12.3. The number of hydrogen-bond donors (Lipinski definition) is 2. The van der Waals surface area contributed by atoms with Crippen molar-refractivity contribution in [1.29, 1.82) is 0 Å². The van der Waals surface area contributed by atoms with Crippen molar-refractivity contribution in [3.05, 3.63) is 24.3 Å². The first-order valence-corrected chi connectivity index (χ1v) is 21.2. The molecule has 4 nitrogen and oxygen atoms in total. The molecule has 0 aromatic heterocycles. The van der Waals surface area contributed by atoms with Crippen molar-refractivity contribution in [3.8, 4) is 0 Å². The second-order valence-electron chi connectivity index (χ2n) is 15.4. The monoisotopic (exact) mass is 566 g/mol. The van der Waals surface area contributed by atoms with Crippen LogP contribution in [-0.4, -0.2) is 52.3 Å². The summed E-state index contributed by atoms with van der Waals surface area (Å²) in [4.78, 5) is 0. The van der Waals surface area contributed by atoms with Crippen LogP contribution in [0.3, 0.4) is 0 Å². The molecule has 0 heterocycles. The van der Waals surface area contributed by atoms with Gasteiger partial charge < -0.3 is 19.1 Å². The van der Waals surface area contributed by atoms with Crippen molar-refractivity contribution >= 4 is 16.6 Å². The molecule has 0 fully saturated rings. The van der Waals surface area contributed by atoms with Gasteiger partial charge in [-0.2, -0.15) is 0 Å². The average molecular weight is 567 g/mol. The van der Waals surface area contributed by atoms with Gasteiger partial charge in [0.25, 0.3) is 0 Å². The molecular weight excluding hydrogens is 505 g/mol. The minimum atomic E-state index is -2.11. The third-order valence-corrected chi connectivity index (χ3v) is 19.7. The smallest absolute Gasteiger partial charge is 0.192 e. The molecule has 0 saturated carbocycles. The van der Waals surface area contributed by atoms with Crippen molar-refractivity contribution < 1.29 is 19.1 Å². The van der Waals surface area contributed by atoms with Crippen LogP contribution in [0.2, 0.25) is 36.3 Å². The highest BCUT2D eigenvalue weighted by Crippen LogP contribution is 2.59. The summed E-state index contributed by atoms with van der Waals surface area (Å²) < 4.78 is 13.9. The predicted octanol–water partition coefficient (Wildman–Crippen LogP) is 8.48. The van der Waals surface area contributed by atoms with E-state index >= 15 is 0 Å². The molecule has 2 N–H and O–H groups in total. The molecule has 6 atom stereocenters. The quantitative estimate of drug-likeness (QED) is 0.184. The van der Waals surface area contributed by atoms with E-state index in [1.54, 1.807) is 0 Å². The average Bonchev–Trinajstić information content (AvgIpc) is 2.80. The molecule has 38 heavy (non-hydrogen) atoms. The van der Waals surface area contributed by atoms with E-state index in [1.165, 1.54) is 0 Å². The Morgan fingerprint density at radius 2 is 0.974 bits per heavy atom. The number of fused-ring (bicyclic) bond motifs is 1. The number of aliphatic hydroxyl groups excluding tert-OH is 2. The van der Waals surface area contributed by atoms with Gasteiger partial charge in [-0.05, 0) is 49.1 Å². The molecule has 0 aromatic carbocycles. The Kier molecular flexibility index (Phi) is 11.0. The second-order valence-corrected chi connectivity index (χ2v) is 25.0. The van der Waals surface area contributed by atoms with Crippen LogP contribution >= 0.6 is 0 Å². The van der Waals surface area contributed by atoms with Gasteiger partial charge in [0, 0.05) is 25.0 Å². The number of hydrogen-bond acceptors (Lipinski definition) is 4. The SMILES string of the molecule is CCCC[C@@H]1C=C[C@]2(CO[Si](C)(C)C(C)(C)C)[C@H](O)[C@H](CCCC)C=C[C@]2(CO[Si](C)(C)C(C)(C)C)[C@@H]1O. The lowest BCUT2D eigenvalue weighted by atomic mass is 9.49. The number of rotatable bonds is 12. The van der Waals surface area contributed by atoms with Gasteiger partial charge in [-0.25, -0.2) is 0 Å². The Morgan fingerprint density at radius 3 is 1.24 bits per heavy atom. The van der Waals surface area contributed by atoms with Crippen LogP contribution < -0.4 is 0 Å². The topological polar surface area (TPSA) is 58.9 Å². The van der Waals surface area contributed by atoms with Gasteiger partial charge in [0.1, 0.15) is 0 Å².